The number of sulfonamides is 1. The SMILES string of the molecule is CC(C)N(CCBr)S(=O)(=O)c1c(F)cc(F)cc1F. The molecule has 0 aliphatic rings. The first-order chi connectivity index (χ1) is 8.71. The van der Waals surface area contributed by atoms with E-state index in [0.29, 0.717) is 17.5 Å². The van der Waals surface area contributed by atoms with Crippen molar-refractivity contribution in [1.29, 1.82) is 0 Å². The van der Waals surface area contributed by atoms with Crippen LogP contribution < -0.4 is 0 Å². The molecule has 0 radical (unpaired) electrons. The van der Waals surface area contributed by atoms with E-state index in [-0.39, 0.29) is 6.54 Å². The summed E-state index contributed by atoms with van der Waals surface area (Å²) in [6.07, 6.45) is 0. The number of hydrogen-bond acceptors (Lipinski definition) is 2. The fourth-order valence-electron chi connectivity index (χ4n) is 1.63. The molecule has 0 aliphatic carbocycles. The molecule has 0 aliphatic heterocycles. The molecule has 8 heteroatoms. The molecule has 1 aromatic rings. The molecule has 0 amide bonds. The van der Waals surface area contributed by atoms with Crippen molar-refractivity contribution in [1.82, 2.24) is 4.31 Å². The molecule has 0 atom stereocenters. The second-order valence-electron chi connectivity index (χ2n) is 4.10. The second kappa shape index (κ2) is 6.23. The summed E-state index contributed by atoms with van der Waals surface area (Å²) >= 11 is 3.08. The summed E-state index contributed by atoms with van der Waals surface area (Å²) < 4.78 is 65.3. The van der Waals surface area contributed by atoms with Crippen LogP contribution in [0.1, 0.15) is 13.8 Å². The Kier molecular flexibility index (Phi) is 5.40. The van der Waals surface area contributed by atoms with Gasteiger partial charge in [-0.15, -0.1) is 0 Å². The zero-order valence-electron chi connectivity index (χ0n) is 10.3. The van der Waals surface area contributed by atoms with Gasteiger partial charge in [0, 0.05) is 30.0 Å². The molecular weight excluding hydrogens is 347 g/mol. The molecule has 0 bridgehead atoms. The number of alkyl halides is 1. The zero-order valence-corrected chi connectivity index (χ0v) is 12.7. The maximum atomic E-state index is 13.6. The van der Waals surface area contributed by atoms with Gasteiger partial charge in [0.2, 0.25) is 10.0 Å². The molecule has 0 saturated heterocycles. The first kappa shape index (κ1) is 16.5. The van der Waals surface area contributed by atoms with E-state index >= 15 is 0 Å². The Morgan fingerprint density at radius 1 is 1.21 bits per heavy atom. The van der Waals surface area contributed by atoms with Crippen molar-refractivity contribution < 1.29 is 21.6 Å². The van der Waals surface area contributed by atoms with E-state index in [1.165, 1.54) is 0 Å². The lowest BCUT2D eigenvalue weighted by atomic mass is 10.3. The first-order valence-electron chi connectivity index (χ1n) is 5.44. The monoisotopic (exact) mass is 359 g/mol. The number of rotatable bonds is 5. The highest BCUT2D eigenvalue weighted by Crippen LogP contribution is 2.25. The van der Waals surface area contributed by atoms with Crippen LogP contribution in [-0.2, 0) is 10.0 Å². The maximum absolute atomic E-state index is 13.6. The lowest BCUT2D eigenvalue weighted by molar-refractivity contribution is 0.365. The molecule has 0 spiro atoms. The highest BCUT2D eigenvalue weighted by molar-refractivity contribution is 9.09. The van der Waals surface area contributed by atoms with E-state index in [9.17, 15) is 21.6 Å². The van der Waals surface area contributed by atoms with Gasteiger partial charge < -0.3 is 0 Å². The minimum atomic E-state index is -4.35. The fraction of sp³-hybridized carbons (Fsp3) is 0.455. The lowest BCUT2D eigenvalue weighted by Crippen LogP contribution is -2.39. The summed E-state index contributed by atoms with van der Waals surface area (Å²) in [6.45, 7) is 3.22. The van der Waals surface area contributed by atoms with Gasteiger partial charge >= 0.3 is 0 Å². The Balaban J connectivity index is 3.42. The van der Waals surface area contributed by atoms with Gasteiger partial charge in [0.25, 0.3) is 0 Å². The van der Waals surface area contributed by atoms with E-state index in [0.717, 1.165) is 4.31 Å². The van der Waals surface area contributed by atoms with Crippen molar-refractivity contribution in [2.75, 3.05) is 11.9 Å². The van der Waals surface area contributed by atoms with Crippen LogP contribution in [0.2, 0.25) is 0 Å². The van der Waals surface area contributed by atoms with Crippen LogP contribution >= 0.6 is 15.9 Å². The molecule has 19 heavy (non-hydrogen) atoms. The third kappa shape index (κ3) is 3.49. The van der Waals surface area contributed by atoms with E-state index in [2.05, 4.69) is 15.9 Å². The molecule has 1 aromatic carbocycles. The predicted molar refractivity (Wildman–Crippen MR) is 69.1 cm³/mol. The first-order valence-corrected chi connectivity index (χ1v) is 8.00. The summed E-state index contributed by atoms with van der Waals surface area (Å²) in [4.78, 5) is -1.12. The minimum Gasteiger partial charge on any atom is -0.207 e. The smallest absolute Gasteiger partial charge is 0.207 e. The molecule has 0 heterocycles. The summed E-state index contributed by atoms with van der Waals surface area (Å²) in [5, 5.41) is 0.314. The quantitative estimate of drug-likeness (QED) is 0.758. The summed E-state index contributed by atoms with van der Waals surface area (Å²) in [5.41, 5.74) is 0. The van der Waals surface area contributed by atoms with Gasteiger partial charge in [0.15, 0.2) is 4.90 Å². The topological polar surface area (TPSA) is 37.4 Å². The van der Waals surface area contributed by atoms with E-state index < -0.39 is 38.4 Å². The Hall–Kier alpha value is -0.600. The standard InChI is InChI=1S/C11H13BrF3NO2S/c1-7(2)16(4-3-12)19(17,18)11-9(14)5-8(13)6-10(11)15/h5-7H,3-4H2,1-2H3. The number of hydrogen-bond donors (Lipinski definition) is 0. The number of benzene rings is 1. The average Bonchev–Trinajstić information content (AvgIpc) is 2.22. The van der Waals surface area contributed by atoms with Crippen molar-refractivity contribution >= 4 is 26.0 Å². The van der Waals surface area contributed by atoms with Crippen molar-refractivity contribution in [2.45, 2.75) is 24.8 Å². The molecular formula is C11H13BrF3NO2S. The van der Waals surface area contributed by atoms with Crippen LogP contribution in [0.4, 0.5) is 13.2 Å². The summed E-state index contributed by atoms with van der Waals surface area (Å²) in [5.74, 6) is -4.03. The van der Waals surface area contributed by atoms with Crippen LogP contribution in [0.25, 0.3) is 0 Å². The maximum Gasteiger partial charge on any atom is 0.249 e. The average molecular weight is 360 g/mol. The van der Waals surface area contributed by atoms with E-state index in [1.54, 1.807) is 13.8 Å². The van der Waals surface area contributed by atoms with Crippen molar-refractivity contribution in [3.63, 3.8) is 0 Å². The van der Waals surface area contributed by atoms with Crippen molar-refractivity contribution in [3.05, 3.63) is 29.6 Å². The van der Waals surface area contributed by atoms with Gasteiger partial charge in [0.1, 0.15) is 17.5 Å². The second-order valence-corrected chi connectivity index (χ2v) is 6.72. The van der Waals surface area contributed by atoms with Gasteiger partial charge in [-0.2, -0.15) is 4.31 Å². The van der Waals surface area contributed by atoms with Gasteiger partial charge in [-0.05, 0) is 13.8 Å². The van der Waals surface area contributed by atoms with Gasteiger partial charge in [0.05, 0.1) is 0 Å². The Bertz CT molecular complexity index is 540. The van der Waals surface area contributed by atoms with Crippen LogP contribution in [0.5, 0.6) is 0 Å². The number of nitrogens with zero attached hydrogens (tertiary/aromatic N) is 1. The Morgan fingerprint density at radius 2 is 1.68 bits per heavy atom. The molecule has 0 aromatic heterocycles. The fourth-order valence-corrected chi connectivity index (χ4v) is 3.98. The molecule has 0 saturated carbocycles. The van der Waals surface area contributed by atoms with Gasteiger partial charge in [-0.25, -0.2) is 21.6 Å². The molecule has 3 nitrogen and oxygen atoms in total. The molecule has 0 unspecified atom stereocenters. The molecule has 108 valence electrons. The lowest BCUT2D eigenvalue weighted by Gasteiger charge is -2.25. The van der Waals surface area contributed by atoms with Crippen LogP contribution in [0.15, 0.2) is 17.0 Å². The Labute approximate surface area is 118 Å². The third-order valence-corrected chi connectivity index (χ3v) is 4.89. The van der Waals surface area contributed by atoms with Crippen LogP contribution in [0.3, 0.4) is 0 Å². The predicted octanol–water partition coefficient (Wildman–Crippen LogP) is 2.90. The Morgan fingerprint density at radius 3 is 2.05 bits per heavy atom. The normalized spacial score (nSPS) is 12.4. The van der Waals surface area contributed by atoms with E-state index in [4.69, 9.17) is 0 Å². The number of halogens is 4. The third-order valence-electron chi connectivity index (χ3n) is 2.41. The van der Waals surface area contributed by atoms with Crippen molar-refractivity contribution in [2.24, 2.45) is 0 Å². The molecule has 1 rings (SSSR count). The van der Waals surface area contributed by atoms with Crippen molar-refractivity contribution in [3.8, 4) is 0 Å². The van der Waals surface area contributed by atoms with Gasteiger partial charge in [-0.1, -0.05) is 15.9 Å². The highest BCUT2D eigenvalue weighted by Gasteiger charge is 2.32. The molecule has 0 N–H and O–H groups in total. The molecule has 0 fully saturated rings. The highest BCUT2D eigenvalue weighted by atomic mass is 79.9. The summed E-state index contributed by atoms with van der Waals surface area (Å²) in [6, 6.07) is 0.219. The summed E-state index contributed by atoms with van der Waals surface area (Å²) in [7, 11) is -4.35. The van der Waals surface area contributed by atoms with Crippen LogP contribution in [-0.4, -0.2) is 30.6 Å². The minimum absolute atomic E-state index is 0.0518. The van der Waals surface area contributed by atoms with Crippen LogP contribution in [0, 0.1) is 17.5 Å². The van der Waals surface area contributed by atoms with Gasteiger partial charge in [-0.3, -0.25) is 0 Å². The van der Waals surface area contributed by atoms with E-state index in [1.807, 2.05) is 0 Å². The largest absolute Gasteiger partial charge is 0.249 e. The zero-order chi connectivity index (χ0) is 14.8.